The highest BCUT2D eigenvalue weighted by Gasteiger charge is 2.48. The summed E-state index contributed by atoms with van der Waals surface area (Å²) in [7, 11) is 2.21. The predicted molar refractivity (Wildman–Crippen MR) is 73.5 cm³/mol. The van der Waals surface area contributed by atoms with E-state index in [1.807, 2.05) is 6.92 Å². The lowest BCUT2D eigenvalue weighted by molar-refractivity contribution is -0.112. The van der Waals surface area contributed by atoms with E-state index in [-0.39, 0.29) is 29.6 Å². The minimum absolute atomic E-state index is 0.0532. The highest BCUT2D eigenvalue weighted by atomic mass is 16.8. The van der Waals surface area contributed by atoms with Crippen molar-refractivity contribution < 1.29 is 9.47 Å². The van der Waals surface area contributed by atoms with Gasteiger partial charge in [-0.1, -0.05) is 6.58 Å². The average Bonchev–Trinajstić information content (AvgIpc) is 2.92. The second-order valence-electron chi connectivity index (χ2n) is 7.12. The van der Waals surface area contributed by atoms with E-state index in [1.54, 1.807) is 0 Å². The fraction of sp³-hybridized carbons (Fsp3) is 0.867. The molecule has 2 aliphatic rings. The van der Waals surface area contributed by atoms with Crippen LogP contribution in [-0.4, -0.2) is 41.5 Å². The van der Waals surface area contributed by atoms with Crippen molar-refractivity contribution in [3.63, 3.8) is 0 Å². The van der Waals surface area contributed by atoms with E-state index >= 15 is 0 Å². The van der Waals surface area contributed by atoms with Crippen molar-refractivity contribution in [2.75, 3.05) is 7.05 Å². The molecule has 0 aliphatic carbocycles. The highest BCUT2D eigenvalue weighted by molar-refractivity contribution is 5.08. The Morgan fingerprint density at radius 2 is 1.72 bits per heavy atom. The van der Waals surface area contributed by atoms with Gasteiger partial charge >= 0.3 is 0 Å². The van der Waals surface area contributed by atoms with Crippen LogP contribution < -0.4 is 0 Å². The van der Waals surface area contributed by atoms with Crippen LogP contribution in [0.2, 0.25) is 0 Å². The summed E-state index contributed by atoms with van der Waals surface area (Å²) in [6, 6.07) is 0. The van der Waals surface area contributed by atoms with E-state index in [9.17, 15) is 0 Å². The van der Waals surface area contributed by atoms with Crippen LogP contribution in [0.4, 0.5) is 0 Å². The van der Waals surface area contributed by atoms with Gasteiger partial charge in [-0.3, -0.25) is 4.90 Å². The molecule has 3 nitrogen and oxygen atoms in total. The fourth-order valence-corrected chi connectivity index (χ4v) is 3.12. The first-order valence-electron chi connectivity index (χ1n) is 6.84. The van der Waals surface area contributed by atoms with Crippen LogP contribution in [0, 0.1) is 0 Å². The molecular formula is C15H27NO2. The van der Waals surface area contributed by atoms with Crippen molar-refractivity contribution in [2.24, 2.45) is 0 Å². The summed E-state index contributed by atoms with van der Waals surface area (Å²) in [6.07, 6.45) is 2.45. The zero-order valence-corrected chi connectivity index (χ0v) is 12.6. The highest BCUT2D eigenvalue weighted by Crippen LogP contribution is 2.40. The summed E-state index contributed by atoms with van der Waals surface area (Å²) in [5.74, 6) is 0. The predicted octanol–water partition coefficient (Wildman–Crippen LogP) is 2.96. The maximum atomic E-state index is 6.09. The summed E-state index contributed by atoms with van der Waals surface area (Å²) in [5, 5.41) is 0. The van der Waals surface area contributed by atoms with Crippen molar-refractivity contribution in [2.45, 2.75) is 77.0 Å². The third kappa shape index (κ3) is 2.63. The van der Waals surface area contributed by atoms with E-state index in [0.717, 1.165) is 18.4 Å². The zero-order valence-electron chi connectivity index (χ0n) is 12.6. The molecule has 0 saturated carbocycles. The minimum Gasteiger partial charge on any atom is -0.346 e. The van der Waals surface area contributed by atoms with Gasteiger partial charge in [0, 0.05) is 11.1 Å². The number of hydrogen-bond donors (Lipinski definition) is 0. The molecule has 2 heterocycles. The van der Waals surface area contributed by atoms with Crippen LogP contribution in [0.3, 0.4) is 0 Å². The molecule has 0 aromatic carbocycles. The number of rotatable bonds is 3. The molecule has 2 atom stereocenters. The molecule has 0 N–H and O–H groups in total. The molecule has 2 rings (SSSR count). The van der Waals surface area contributed by atoms with Crippen molar-refractivity contribution in [1.82, 2.24) is 4.90 Å². The number of likely N-dealkylation sites (tertiary alicyclic amines) is 1. The Balaban J connectivity index is 1.97. The van der Waals surface area contributed by atoms with Gasteiger partial charge in [0.15, 0.2) is 6.29 Å². The second kappa shape index (κ2) is 4.32. The molecule has 104 valence electrons. The van der Waals surface area contributed by atoms with Crippen molar-refractivity contribution >= 4 is 0 Å². The topological polar surface area (TPSA) is 25.0 Å². The molecule has 2 unspecified atom stereocenters. The molecule has 0 radical (unpaired) electrons. The van der Waals surface area contributed by atoms with Crippen LogP contribution in [-0.2, 0) is 9.47 Å². The third-order valence-electron chi connectivity index (χ3n) is 4.53. The van der Waals surface area contributed by atoms with Gasteiger partial charge in [-0.25, -0.2) is 0 Å². The van der Waals surface area contributed by atoms with E-state index in [1.165, 1.54) is 0 Å². The van der Waals surface area contributed by atoms with E-state index in [0.29, 0.717) is 0 Å². The first kappa shape index (κ1) is 14.0. The fourth-order valence-electron chi connectivity index (χ4n) is 3.12. The van der Waals surface area contributed by atoms with Crippen LogP contribution in [0.1, 0.15) is 47.5 Å². The molecule has 3 heteroatoms. The summed E-state index contributed by atoms with van der Waals surface area (Å²) >= 11 is 0. The lowest BCUT2D eigenvalue weighted by atomic mass is 9.79. The van der Waals surface area contributed by atoms with Crippen molar-refractivity contribution in [3.8, 4) is 0 Å². The SMILES string of the molecule is C=C(C)C1OC1OC1CC(C)(C)N(C)C(C)(C)C1. The first-order chi connectivity index (χ1) is 8.13. The Hall–Kier alpha value is -0.380. The van der Waals surface area contributed by atoms with Crippen LogP contribution in [0.15, 0.2) is 12.2 Å². The van der Waals surface area contributed by atoms with Gasteiger partial charge < -0.3 is 9.47 Å². The van der Waals surface area contributed by atoms with Gasteiger partial charge in [0.25, 0.3) is 0 Å². The van der Waals surface area contributed by atoms with Gasteiger partial charge in [0.2, 0.25) is 0 Å². The molecule has 2 aliphatic heterocycles. The molecule has 0 aromatic rings. The van der Waals surface area contributed by atoms with Crippen LogP contribution in [0.5, 0.6) is 0 Å². The number of epoxide rings is 1. The quantitative estimate of drug-likeness (QED) is 0.571. The maximum absolute atomic E-state index is 6.09. The number of ether oxygens (including phenoxy) is 2. The minimum atomic E-state index is -0.0532. The van der Waals surface area contributed by atoms with Crippen molar-refractivity contribution in [1.29, 1.82) is 0 Å². The van der Waals surface area contributed by atoms with Crippen molar-refractivity contribution in [3.05, 3.63) is 12.2 Å². The van der Waals surface area contributed by atoms with Gasteiger partial charge in [0.05, 0.1) is 6.10 Å². The van der Waals surface area contributed by atoms with E-state index in [2.05, 4.69) is 46.2 Å². The monoisotopic (exact) mass is 253 g/mol. The number of nitrogens with zero attached hydrogens (tertiary/aromatic N) is 1. The Morgan fingerprint density at radius 3 is 2.11 bits per heavy atom. The number of hydrogen-bond acceptors (Lipinski definition) is 3. The summed E-state index contributed by atoms with van der Waals surface area (Å²) in [4.78, 5) is 2.46. The van der Waals surface area contributed by atoms with E-state index < -0.39 is 0 Å². The normalized spacial score (nSPS) is 35.4. The smallest absolute Gasteiger partial charge is 0.189 e. The summed E-state index contributed by atoms with van der Waals surface area (Å²) < 4.78 is 11.6. The van der Waals surface area contributed by atoms with Gasteiger partial charge in [-0.05, 0) is 60.1 Å². The summed E-state index contributed by atoms with van der Waals surface area (Å²) in [5.41, 5.74) is 1.39. The summed E-state index contributed by atoms with van der Waals surface area (Å²) in [6.45, 7) is 15.1. The largest absolute Gasteiger partial charge is 0.346 e. The Labute approximate surface area is 111 Å². The standard InChI is InChI=1S/C15H27NO2/c1-10(2)12-13(18-12)17-11-8-14(3,4)16(7)15(5,6)9-11/h11-13H,1,8-9H2,2-7H3. The molecule has 2 fully saturated rings. The molecular weight excluding hydrogens is 226 g/mol. The molecule has 0 aromatic heterocycles. The third-order valence-corrected chi connectivity index (χ3v) is 4.53. The number of piperidine rings is 1. The van der Waals surface area contributed by atoms with E-state index in [4.69, 9.17) is 9.47 Å². The molecule has 18 heavy (non-hydrogen) atoms. The average molecular weight is 253 g/mol. The lowest BCUT2D eigenvalue weighted by Gasteiger charge is -2.53. The zero-order chi connectivity index (χ0) is 13.7. The second-order valence-corrected chi connectivity index (χ2v) is 7.12. The molecule has 0 bridgehead atoms. The lowest BCUT2D eigenvalue weighted by Crippen LogP contribution is -2.60. The Kier molecular flexibility index (Phi) is 3.37. The Bertz CT molecular complexity index is 330. The first-order valence-corrected chi connectivity index (χ1v) is 6.84. The van der Waals surface area contributed by atoms with Gasteiger partial charge in [-0.2, -0.15) is 0 Å². The Morgan fingerprint density at radius 1 is 1.22 bits per heavy atom. The maximum Gasteiger partial charge on any atom is 0.189 e. The molecule has 2 saturated heterocycles. The molecule has 0 amide bonds. The van der Waals surface area contributed by atoms with Gasteiger partial charge in [-0.15, -0.1) is 0 Å². The van der Waals surface area contributed by atoms with Crippen LogP contribution in [0.25, 0.3) is 0 Å². The van der Waals surface area contributed by atoms with Gasteiger partial charge in [0.1, 0.15) is 6.10 Å². The molecule has 0 spiro atoms. The van der Waals surface area contributed by atoms with Crippen LogP contribution >= 0.6 is 0 Å².